The Balaban J connectivity index is 1.89. The average molecular weight is 274 g/mol. The van der Waals surface area contributed by atoms with Crippen LogP contribution < -0.4 is 5.32 Å². The molecule has 1 aromatic rings. The summed E-state index contributed by atoms with van der Waals surface area (Å²) in [4.78, 5) is 14.2. The Bertz CT molecular complexity index is 464. The Labute approximate surface area is 122 Å². The average Bonchev–Trinajstić information content (AvgIpc) is 2.43. The zero-order valence-electron chi connectivity index (χ0n) is 12.9. The molecule has 2 rings (SSSR count). The molecule has 0 atom stereocenters. The fourth-order valence-electron chi connectivity index (χ4n) is 2.86. The molecule has 1 amide bonds. The van der Waals surface area contributed by atoms with Gasteiger partial charge in [0.05, 0.1) is 0 Å². The van der Waals surface area contributed by atoms with Crippen LogP contribution in [0.3, 0.4) is 0 Å². The zero-order chi connectivity index (χ0) is 14.5. The van der Waals surface area contributed by atoms with Gasteiger partial charge in [0.2, 0.25) is 5.91 Å². The van der Waals surface area contributed by atoms with Crippen LogP contribution in [0, 0.1) is 19.8 Å². The molecule has 0 bridgehead atoms. The molecule has 1 fully saturated rings. The van der Waals surface area contributed by atoms with Crippen molar-refractivity contribution in [3.8, 4) is 0 Å². The van der Waals surface area contributed by atoms with Crippen molar-refractivity contribution >= 4 is 5.91 Å². The van der Waals surface area contributed by atoms with E-state index in [2.05, 4.69) is 37.4 Å². The summed E-state index contributed by atoms with van der Waals surface area (Å²) in [7, 11) is 1.92. The van der Waals surface area contributed by atoms with Crippen LogP contribution in [0.2, 0.25) is 0 Å². The minimum absolute atomic E-state index is 0.275. The maximum Gasteiger partial charge on any atom is 0.222 e. The predicted molar refractivity (Wildman–Crippen MR) is 82.6 cm³/mol. The number of carbonyl (C=O) groups excluding carboxylic acids is 1. The van der Waals surface area contributed by atoms with Crippen LogP contribution >= 0.6 is 0 Å². The highest BCUT2D eigenvalue weighted by Crippen LogP contribution is 2.18. The number of carbonyl (C=O) groups is 1. The quantitative estimate of drug-likeness (QED) is 0.915. The number of piperidine rings is 1. The monoisotopic (exact) mass is 274 g/mol. The molecule has 1 saturated heterocycles. The van der Waals surface area contributed by atoms with E-state index in [1.807, 2.05) is 11.9 Å². The van der Waals surface area contributed by atoms with Gasteiger partial charge in [0.25, 0.3) is 0 Å². The molecular weight excluding hydrogens is 248 g/mol. The molecule has 3 nitrogen and oxygen atoms in total. The van der Waals surface area contributed by atoms with E-state index in [0.29, 0.717) is 12.3 Å². The molecule has 3 heteroatoms. The van der Waals surface area contributed by atoms with Crippen LogP contribution in [0.1, 0.15) is 36.0 Å². The molecular formula is C17H26N2O. The van der Waals surface area contributed by atoms with Gasteiger partial charge in [-0.1, -0.05) is 23.8 Å². The highest BCUT2D eigenvalue weighted by molar-refractivity contribution is 5.76. The Morgan fingerprint density at radius 3 is 2.65 bits per heavy atom. The molecule has 1 N–H and O–H groups in total. The van der Waals surface area contributed by atoms with Gasteiger partial charge in [-0.2, -0.15) is 0 Å². The van der Waals surface area contributed by atoms with Gasteiger partial charge in [-0.3, -0.25) is 4.79 Å². The van der Waals surface area contributed by atoms with Gasteiger partial charge in [0, 0.05) is 20.0 Å². The fourth-order valence-corrected chi connectivity index (χ4v) is 2.86. The summed E-state index contributed by atoms with van der Waals surface area (Å²) in [5.74, 6) is 0.835. The summed E-state index contributed by atoms with van der Waals surface area (Å²) in [6.45, 7) is 7.05. The van der Waals surface area contributed by atoms with Crippen LogP contribution in [-0.2, 0) is 11.3 Å². The highest BCUT2D eigenvalue weighted by Gasteiger charge is 2.19. The lowest BCUT2D eigenvalue weighted by Gasteiger charge is -2.25. The van der Waals surface area contributed by atoms with E-state index >= 15 is 0 Å². The van der Waals surface area contributed by atoms with E-state index in [4.69, 9.17) is 0 Å². The summed E-state index contributed by atoms with van der Waals surface area (Å²) in [5, 5.41) is 3.34. The van der Waals surface area contributed by atoms with Crippen molar-refractivity contribution < 1.29 is 4.79 Å². The third-order valence-corrected chi connectivity index (χ3v) is 4.25. The van der Waals surface area contributed by atoms with Gasteiger partial charge < -0.3 is 10.2 Å². The van der Waals surface area contributed by atoms with Crippen molar-refractivity contribution in [3.05, 3.63) is 34.9 Å². The Kier molecular flexibility index (Phi) is 5.18. The second-order valence-corrected chi connectivity index (χ2v) is 6.08. The summed E-state index contributed by atoms with van der Waals surface area (Å²) >= 11 is 0. The molecule has 0 unspecified atom stereocenters. The van der Waals surface area contributed by atoms with Crippen molar-refractivity contribution in [1.82, 2.24) is 10.2 Å². The molecule has 1 heterocycles. The van der Waals surface area contributed by atoms with E-state index in [0.717, 1.165) is 32.5 Å². The molecule has 110 valence electrons. The summed E-state index contributed by atoms with van der Waals surface area (Å²) in [5.41, 5.74) is 3.79. The third kappa shape index (κ3) is 4.07. The van der Waals surface area contributed by atoms with Crippen molar-refractivity contribution in [2.45, 2.75) is 39.7 Å². The number of rotatable bonds is 4. The second kappa shape index (κ2) is 6.89. The number of aryl methyl sites for hydroxylation is 2. The van der Waals surface area contributed by atoms with Crippen LogP contribution in [0.4, 0.5) is 0 Å². The molecule has 1 aliphatic heterocycles. The minimum atomic E-state index is 0.275. The lowest BCUT2D eigenvalue weighted by molar-refractivity contribution is -0.131. The molecule has 0 aromatic heterocycles. The van der Waals surface area contributed by atoms with E-state index in [9.17, 15) is 4.79 Å². The number of nitrogens with zero attached hydrogens (tertiary/aromatic N) is 1. The van der Waals surface area contributed by atoms with Crippen LogP contribution in [-0.4, -0.2) is 30.9 Å². The zero-order valence-corrected chi connectivity index (χ0v) is 12.9. The number of benzene rings is 1. The van der Waals surface area contributed by atoms with Gasteiger partial charge in [0.1, 0.15) is 0 Å². The first-order valence-corrected chi connectivity index (χ1v) is 7.57. The van der Waals surface area contributed by atoms with Gasteiger partial charge in [-0.05, 0) is 56.8 Å². The smallest absolute Gasteiger partial charge is 0.222 e. The van der Waals surface area contributed by atoms with Crippen LogP contribution in [0.25, 0.3) is 0 Å². The van der Waals surface area contributed by atoms with Gasteiger partial charge in [0.15, 0.2) is 0 Å². The SMILES string of the molecule is Cc1ccc(CN(C)C(=O)CC2CCNCC2)c(C)c1. The molecule has 0 radical (unpaired) electrons. The standard InChI is InChI=1S/C17H26N2O/c1-13-4-5-16(14(2)10-13)12-19(3)17(20)11-15-6-8-18-9-7-15/h4-5,10,15,18H,6-9,11-12H2,1-3H3. The summed E-state index contributed by atoms with van der Waals surface area (Å²) in [6.07, 6.45) is 2.95. The van der Waals surface area contributed by atoms with Crippen LogP contribution in [0.15, 0.2) is 18.2 Å². The number of hydrogen-bond acceptors (Lipinski definition) is 2. The van der Waals surface area contributed by atoms with E-state index in [-0.39, 0.29) is 5.91 Å². The summed E-state index contributed by atoms with van der Waals surface area (Å²) in [6, 6.07) is 6.44. The van der Waals surface area contributed by atoms with Gasteiger partial charge in [-0.15, -0.1) is 0 Å². The molecule has 20 heavy (non-hydrogen) atoms. The van der Waals surface area contributed by atoms with Crippen molar-refractivity contribution in [2.75, 3.05) is 20.1 Å². The van der Waals surface area contributed by atoms with Crippen LogP contribution in [0.5, 0.6) is 0 Å². The lowest BCUT2D eigenvalue weighted by atomic mass is 9.94. The Morgan fingerprint density at radius 2 is 2.00 bits per heavy atom. The fraction of sp³-hybridized carbons (Fsp3) is 0.588. The maximum atomic E-state index is 12.3. The number of hydrogen-bond donors (Lipinski definition) is 1. The maximum absolute atomic E-state index is 12.3. The molecule has 1 aliphatic rings. The second-order valence-electron chi connectivity index (χ2n) is 6.08. The normalized spacial score (nSPS) is 16.1. The number of amides is 1. The lowest BCUT2D eigenvalue weighted by Crippen LogP contribution is -2.33. The van der Waals surface area contributed by atoms with Crippen molar-refractivity contribution in [3.63, 3.8) is 0 Å². The number of nitrogens with one attached hydrogen (secondary N) is 1. The first kappa shape index (κ1) is 15.0. The first-order valence-electron chi connectivity index (χ1n) is 7.57. The van der Waals surface area contributed by atoms with E-state index in [1.165, 1.54) is 16.7 Å². The first-order chi connectivity index (χ1) is 9.56. The van der Waals surface area contributed by atoms with E-state index in [1.54, 1.807) is 0 Å². The minimum Gasteiger partial charge on any atom is -0.341 e. The van der Waals surface area contributed by atoms with Gasteiger partial charge >= 0.3 is 0 Å². The van der Waals surface area contributed by atoms with E-state index < -0.39 is 0 Å². The summed E-state index contributed by atoms with van der Waals surface area (Å²) < 4.78 is 0. The van der Waals surface area contributed by atoms with Crippen molar-refractivity contribution in [2.24, 2.45) is 5.92 Å². The molecule has 0 saturated carbocycles. The Morgan fingerprint density at radius 1 is 1.30 bits per heavy atom. The van der Waals surface area contributed by atoms with Gasteiger partial charge in [-0.25, -0.2) is 0 Å². The molecule has 1 aromatic carbocycles. The Hall–Kier alpha value is -1.35. The predicted octanol–water partition coefficient (Wildman–Crippen LogP) is 2.65. The molecule has 0 spiro atoms. The molecule has 0 aliphatic carbocycles. The highest BCUT2D eigenvalue weighted by atomic mass is 16.2. The van der Waals surface area contributed by atoms with Crippen molar-refractivity contribution in [1.29, 1.82) is 0 Å². The topological polar surface area (TPSA) is 32.3 Å². The largest absolute Gasteiger partial charge is 0.341 e. The third-order valence-electron chi connectivity index (χ3n) is 4.25.